The molecule has 0 radical (unpaired) electrons. The molecule has 1 atom stereocenters. The van der Waals surface area contributed by atoms with E-state index in [0.717, 1.165) is 19.3 Å². The smallest absolute Gasteiger partial charge is 0.0812 e. The summed E-state index contributed by atoms with van der Waals surface area (Å²) in [5, 5.41) is 8.99. The quantitative estimate of drug-likeness (QED) is 0.693. The minimum atomic E-state index is -0.138. The first-order valence-electron chi connectivity index (χ1n) is 4.78. The first-order valence-corrected chi connectivity index (χ1v) is 4.78. The van der Waals surface area contributed by atoms with Crippen LogP contribution in [0.4, 0.5) is 0 Å². The molecule has 0 aromatic carbocycles. The number of ether oxygens (including phenoxy) is 1. The summed E-state index contributed by atoms with van der Waals surface area (Å²) in [6.45, 7) is 8.33. The molecular weight excluding hydrogens is 152 g/mol. The van der Waals surface area contributed by atoms with Gasteiger partial charge < -0.3 is 9.84 Å². The van der Waals surface area contributed by atoms with Crippen molar-refractivity contribution in [2.45, 2.75) is 58.7 Å². The largest absolute Gasteiger partial charge is 0.394 e. The number of hydrogen-bond donors (Lipinski definition) is 1. The molecule has 2 nitrogen and oxygen atoms in total. The van der Waals surface area contributed by atoms with Crippen molar-refractivity contribution < 1.29 is 9.84 Å². The predicted molar refractivity (Wildman–Crippen MR) is 51.2 cm³/mol. The van der Waals surface area contributed by atoms with Crippen molar-refractivity contribution in [2.75, 3.05) is 6.61 Å². The summed E-state index contributed by atoms with van der Waals surface area (Å²) < 4.78 is 5.64. The van der Waals surface area contributed by atoms with Crippen LogP contribution in [0, 0.1) is 0 Å². The van der Waals surface area contributed by atoms with Crippen LogP contribution < -0.4 is 0 Å². The minimum Gasteiger partial charge on any atom is -0.394 e. The molecule has 0 aromatic heterocycles. The van der Waals surface area contributed by atoms with Gasteiger partial charge in [0.05, 0.1) is 18.3 Å². The number of hydrogen-bond acceptors (Lipinski definition) is 2. The Bertz CT molecular complexity index is 105. The van der Waals surface area contributed by atoms with E-state index in [4.69, 9.17) is 9.84 Å². The Morgan fingerprint density at radius 2 is 1.92 bits per heavy atom. The molecule has 0 fully saturated rings. The maximum absolute atomic E-state index is 8.99. The average molecular weight is 174 g/mol. The summed E-state index contributed by atoms with van der Waals surface area (Å²) in [5.74, 6) is 0. The second kappa shape index (κ2) is 5.55. The summed E-state index contributed by atoms with van der Waals surface area (Å²) in [6, 6.07) is 0. The predicted octanol–water partition coefficient (Wildman–Crippen LogP) is 2.35. The molecule has 0 spiro atoms. The van der Waals surface area contributed by atoms with E-state index >= 15 is 0 Å². The summed E-state index contributed by atoms with van der Waals surface area (Å²) >= 11 is 0. The highest BCUT2D eigenvalue weighted by Crippen LogP contribution is 2.14. The van der Waals surface area contributed by atoms with Crippen molar-refractivity contribution >= 4 is 0 Å². The number of aliphatic hydroxyl groups excluding tert-OH is 1. The molecule has 0 rings (SSSR count). The Kier molecular flexibility index (Phi) is 5.51. The second-order valence-corrected chi connectivity index (χ2v) is 4.18. The van der Waals surface area contributed by atoms with E-state index in [2.05, 4.69) is 6.92 Å². The number of unbranched alkanes of at least 4 members (excludes halogenated alkanes) is 1. The molecule has 1 N–H and O–H groups in total. The van der Waals surface area contributed by atoms with Crippen LogP contribution in [0.25, 0.3) is 0 Å². The third-order valence-corrected chi connectivity index (χ3v) is 1.60. The molecule has 0 heterocycles. The lowest BCUT2D eigenvalue weighted by Crippen LogP contribution is -2.29. The zero-order chi connectivity index (χ0) is 9.61. The van der Waals surface area contributed by atoms with Gasteiger partial charge in [0.2, 0.25) is 0 Å². The van der Waals surface area contributed by atoms with Gasteiger partial charge in [0.1, 0.15) is 0 Å². The van der Waals surface area contributed by atoms with E-state index in [-0.39, 0.29) is 18.3 Å². The van der Waals surface area contributed by atoms with E-state index in [0.29, 0.717) is 0 Å². The van der Waals surface area contributed by atoms with Gasteiger partial charge in [-0.05, 0) is 27.2 Å². The van der Waals surface area contributed by atoms with E-state index in [1.54, 1.807) is 0 Å². The molecule has 1 unspecified atom stereocenters. The van der Waals surface area contributed by atoms with Crippen LogP contribution in [-0.2, 0) is 4.74 Å². The molecule has 12 heavy (non-hydrogen) atoms. The average Bonchev–Trinajstić information content (AvgIpc) is 1.95. The van der Waals surface area contributed by atoms with Crippen LogP contribution >= 0.6 is 0 Å². The Morgan fingerprint density at radius 1 is 1.33 bits per heavy atom. The van der Waals surface area contributed by atoms with Gasteiger partial charge >= 0.3 is 0 Å². The van der Waals surface area contributed by atoms with Gasteiger partial charge in [-0.2, -0.15) is 0 Å². The van der Waals surface area contributed by atoms with E-state index in [1.165, 1.54) is 0 Å². The van der Waals surface area contributed by atoms with Crippen molar-refractivity contribution in [3.63, 3.8) is 0 Å². The van der Waals surface area contributed by atoms with E-state index in [1.807, 2.05) is 20.8 Å². The highest BCUT2D eigenvalue weighted by molar-refractivity contribution is 4.65. The van der Waals surface area contributed by atoms with Gasteiger partial charge in [-0.1, -0.05) is 19.8 Å². The second-order valence-electron chi connectivity index (χ2n) is 4.18. The minimum absolute atomic E-state index is 0.0185. The summed E-state index contributed by atoms with van der Waals surface area (Å²) in [5.41, 5.74) is -0.138. The topological polar surface area (TPSA) is 29.5 Å². The zero-order valence-corrected chi connectivity index (χ0v) is 8.76. The molecule has 0 aromatic rings. The highest BCUT2D eigenvalue weighted by Gasteiger charge is 2.17. The Labute approximate surface area is 75.9 Å². The fourth-order valence-corrected chi connectivity index (χ4v) is 1.12. The van der Waals surface area contributed by atoms with Crippen LogP contribution in [0.15, 0.2) is 0 Å². The van der Waals surface area contributed by atoms with Crippen molar-refractivity contribution in [1.82, 2.24) is 0 Å². The molecular formula is C10H22O2. The van der Waals surface area contributed by atoms with Crippen LogP contribution in [0.5, 0.6) is 0 Å². The van der Waals surface area contributed by atoms with Crippen LogP contribution in [0.2, 0.25) is 0 Å². The molecule has 0 aliphatic carbocycles. The molecule has 0 aliphatic rings. The van der Waals surface area contributed by atoms with Crippen molar-refractivity contribution in [3.05, 3.63) is 0 Å². The van der Waals surface area contributed by atoms with E-state index < -0.39 is 0 Å². The van der Waals surface area contributed by atoms with Crippen molar-refractivity contribution in [3.8, 4) is 0 Å². The molecule has 0 bridgehead atoms. The molecule has 0 saturated heterocycles. The molecule has 2 heteroatoms. The Hall–Kier alpha value is -0.0800. The van der Waals surface area contributed by atoms with Crippen LogP contribution in [-0.4, -0.2) is 23.4 Å². The van der Waals surface area contributed by atoms with Gasteiger partial charge in [-0.15, -0.1) is 0 Å². The van der Waals surface area contributed by atoms with Crippen LogP contribution in [0.1, 0.15) is 47.0 Å². The first-order chi connectivity index (χ1) is 5.49. The third kappa shape index (κ3) is 6.62. The SMILES string of the molecule is CCCCC(CO)OC(C)(C)C. The monoisotopic (exact) mass is 174 g/mol. The maximum Gasteiger partial charge on any atom is 0.0812 e. The zero-order valence-electron chi connectivity index (χ0n) is 8.76. The summed E-state index contributed by atoms with van der Waals surface area (Å²) in [6.07, 6.45) is 3.26. The molecule has 0 aliphatic heterocycles. The third-order valence-electron chi connectivity index (χ3n) is 1.60. The maximum atomic E-state index is 8.99. The van der Waals surface area contributed by atoms with E-state index in [9.17, 15) is 0 Å². The highest BCUT2D eigenvalue weighted by atomic mass is 16.5. The Morgan fingerprint density at radius 3 is 2.25 bits per heavy atom. The molecule has 74 valence electrons. The van der Waals surface area contributed by atoms with Gasteiger partial charge in [-0.25, -0.2) is 0 Å². The number of aliphatic hydroxyl groups is 1. The summed E-state index contributed by atoms with van der Waals surface area (Å²) in [7, 11) is 0. The van der Waals surface area contributed by atoms with Crippen molar-refractivity contribution in [1.29, 1.82) is 0 Å². The lowest BCUT2D eigenvalue weighted by Gasteiger charge is -2.26. The molecule has 0 amide bonds. The van der Waals surface area contributed by atoms with Gasteiger partial charge in [0.25, 0.3) is 0 Å². The standard InChI is InChI=1S/C10H22O2/c1-5-6-7-9(8-11)12-10(2,3)4/h9,11H,5-8H2,1-4H3. The van der Waals surface area contributed by atoms with Crippen LogP contribution in [0.3, 0.4) is 0 Å². The van der Waals surface area contributed by atoms with Gasteiger partial charge in [0.15, 0.2) is 0 Å². The lowest BCUT2D eigenvalue weighted by molar-refractivity contribution is -0.0834. The van der Waals surface area contributed by atoms with Gasteiger partial charge in [0, 0.05) is 0 Å². The molecule has 0 saturated carbocycles. The van der Waals surface area contributed by atoms with Gasteiger partial charge in [-0.3, -0.25) is 0 Å². The first kappa shape index (κ1) is 11.9. The fourth-order valence-electron chi connectivity index (χ4n) is 1.12. The summed E-state index contributed by atoms with van der Waals surface area (Å²) in [4.78, 5) is 0. The lowest BCUT2D eigenvalue weighted by atomic mass is 10.1. The van der Waals surface area contributed by atoms with Crippen molar-refractivity contribution in [2.24, 2.45) is 0 Å². The normalized spacial score (nSPS) is 14.8. The Balaban J connectivity index is 3.67. The number of rotatable bonds is 5. The fraction of sp³-hybridized carbons (Fsp3) is 1.00.